The maximum Gasteiger partial charge on any atom is 0.416 e. The second-order valence-corrected chi connectivity index (χ2v) is 16.1. The van der Waals surface area contributed by atoms with Crippen LogP contribution in [0, 0.1) is 6.92 Å². The number of nitrogens with zero attached hydrogens (tertiary/aromatic N) is 4. The summed E-state index contributed by atoms with van der Waals surface area (Å²) in [4.78, 5) is 48.9. The zero-order valence-corrected chi connectivity index (χ0v) is 37.0. The molecule has 13 nitrogen and oxygen atoms in total. The second kappa shape index (κ2) is 25.6. The summed E-state index contributed by atoms with van der Waals surface area (Å²) >= 11 is 0. The number of benzene rings is 2. The Morgan fingerprint density at radius 3 is 2.24 bits per heavy atom. The lowest BCUT2D eigenvalue weighted by Crippen LogP contribution is -2.29. The van der Waals surface area contributed by atoms with Gasteiger partial charge in [0.1, 0.15) is 11.3 Å². The van der Waals surface area contributed by atoms with Crippen molar-refractivity contribution >= 4 is 29.7 Å². The lowest BCUT2D eigenvalue weighted by Gasteiger charge is -2.29. The molecule has 342 valence electrons. The minimum Gasteiger partial charge on any atom is -0.460 e. The van der Waals surface area contributed by atoms with Gasteiger partial charge in [-0.1, -0.05) is 18.2 Å². The van der Waals surface area contributed by atoms with Crippen molar-refractivity contribution in [3.63, 3.8) is 0 Å². The summed E-state index contributed by atoms with van der Waals surface area (Å²) < 4.78 is 58.5. The van der Waals surface area contributed by atoms with Crippen LogP contribution in [0.25, 0.3) is 11.3 Å². The number of amides is 2. The van der Waals surface area contributed by atoms with Crippen molar-refractivity contribution in [3.8, 4) is 11.3 Å². The van der Waals surface area contributed by atoms with Gasteiger partial charge in [0.25, 0.3) is 5.91 Å². The fourth-order valence-electron chi connectivity index (χ4n) is 6.45. The number of rotatable bonds is 21. The number of aryl methyl sites for hydroxylation is 1. The molecule has 0 aliphatic carbocycles. The Labute approximate surface area is 368 Å². The molecule has 4 aromatic rings. The molecule has 3 heterocycles. The number of hydrogen-bond acceptors (Lipinski definition) is 11. The van der Waals surface area contributed by atoms with E-state index in [1.807, 2.05) is 65.1 Å². The molecule has 0 saturated carbocycles. The Bertz CT molecular complexity index is 2040. The van der Waals surface area contributed by atoms with Crippen molar-refractivity contribution in [1.82, 2.24) is 20.2 Å². The molecule has 1 aliphatic rings. The normalized spacial score (nSPS) is 12.9. The number of likely N-dealkylation sites (N-methyl/N-ethyl adjacent to an activating group) is 1. The zero-order chi connectivity index (χ0) is 45.7. The largest absolute Gasteiger partial charge is 0.460 e. The predicted molar refractivity (Wildman–Crippen MR) is 236 cm³/mol. The van der Waals surface area contributed by atoms with E-state index in [2.05, 4.69) is 42.5 Å². The molecule has 2 amide bonds. The van der Waals surface area contributed by atoms with Gasteiger partial charge in [0.15, 0.2) is 0 Å². The van der Waals surface area contributed by atoms with Gasteiger partial charge in [0.05, 0.1) is 68.7 Å². The number of halogens is 3. The number of pyridine rings is 2. The highest BCUT2D eigenvalue weighted by Gasteiger charge is 2.30. The van der Waals surface area contributed by atoms with Crippen molar-refractivity contribution in [2.24, 2.45) is 0 Å². The first-order valence-electron chi connectivity index (χ1n) is 21.2. The summed E-state index contributed by atoms with van der Waals surface area (Å²) in [7, 11) is 1.99. The number of piperidine rings is 1. The van der Waals surface area contributed by atoms with Crippen LogP contribution in [0.5, 0.6) is 0 Å². The maximum absolute atomic E-state index is 13.5. The van der Waals surface area contributed by atoms with E-state index in [1.165, 1.54) is 31.4 Å². The molecule has 2 aromatic heterocycles. The molecular formula is C47H61F3N6O7. The summed E-state index contributed by atoms with van der Waals surface area (Å²) in [6.07, 6.45) is 1.78. The first-order chi connectivity index (χ1) is 30.1. The first-order valence-corrected chi connectivity index (χ1v) is 21.2. The molecule has 63 heavy (non-hydrogen) atoms. The topological polar surface area (TPSA) is 144 Å². The van der Waals surface area contributed by atoms with Gasteiger partial charge in [0, 0.05) is 50.2 Å². The van der Waals surface area contributed by atoms with E-state index in [0.717, 1.165) is 53.4 Å². The highest BCUT2D eigenvalue weighted by atomic mass is 19.4. The second-order valence-electron chi connectivity index (χ2n) is 16.1. The van der Waals surface area contributed by atoms with Crippen LogP contribution in [-0.2, 0) is 47.8 Å². The number of esters is 1. The molecule has 2 N–H and O–H groups in total. The molecule has 5 rings (SSSR count). The van der Waals surface area contributed by atoms with Crippen LogP contribution in [0.15, 0.2) is 79.0 Å². The minimum absolute atomic E-state index is 0.105. The number of carbonyl (C=O) groups is 3. The molecule has 0 spiro atoms. The third-order valence-corrected chi connectivity index (χ3v) is 9.51. The van der Waals surface area contributed by atoms with Crippen LogP contribution in [-0.4, -0.2) is 105 Å². The molecular weight excluding hydrogens is 818 g/mol. The Morgan fingerprint density at radius 1 is 0.857 bits per heavy atom. The van der Waals surface area contributed by atoms with Gasteiger partial charge < -0.3 is 34.5 Å². The van der Waals surface area contributed by atoms with Crippen LogP contribution in [0.4, 0.5) is 24.5 Å². The molecule has 0 unspecified atom stereocenters. The van der Waals surface area contributed by atoms with E-state index in [4.69, 9.17) is 18.9 Å². The average Bonchev–Trinajstić information content (AvgIpc) is 3.24. The van der Waals surface area contributed by atoms with Crippen molar-refractivity contribution < 1.29 is 46.5 Å². The Hall–Kier alpha value is -5.42. The van der Waals surface area contributed by atoms with Gasteiger partial charge in [-0.05, 0) is 120 Å². The van der Waals surface area contributed by atoms with Gasteiger partial charge in [-0.25, -0.2) is 4.98 Å². The van der Waals surface area contributed by atoms with Crippen molar-refractivity contribution in [2.75, 3.05) is 76.5 Å². The zero-order valence-electron chi connectivity index (χ0n) is 37.0. The molecule has 0 atom stereocenters. The average molecular weight is 879 g/mol. The predicted octanol–water partition coefficient (Wildman–Crippen LogP) is 7.86. The number of anilines is 2. The molecule has 1 fully saturated rings. The minimum atomic E-state index is -4.34. The first kappa shape index (κ1) is 50.2. The third kappa shape index (κ3) is 18.8. The summed E-state index contributed by atoms with van der Waals surface area (Å²) in [5.74, 6) is -0.531. The van der Waals surface area contributed by atoms with Crippen LogP contribution in [0.2, 0.25) is 0 Å². The summed E-state index contributed by atoms with van der Waals surface area (Å²) in [5, 5.41) is 5.40. The van der Waals surface area contributed by atoms with E-state index in [9.17, 15) is 27.6 Å². The summed E-state index contributed by atoms with van der Waals surface area (Å²) in [6, 6.07) is 20.6. The SMILES string of the molecule is Cc1ccnc(-c2cc(N3CCCCC3)ccc2NC(=O)c2cccc(CN(C)CCOCCOCCOCCC(=O)OC(C)(C)C)n2)c1.O=CNCc1cccc(C(F)(F)F)c1. The molecule has 0 radical (unpaired) electrons. The Balaban J connectivity index is 0.000000528. The Kier molecular flexibility index (Phi) is 20.4. The number of hydrogen-bond donors (Lipinski definition) is 2. The van der Waals surface area contributed by atoms with E-state index < -0.39 is 17.3 Å². The van der Waals surface area contributed by atoms with Crippen LogP contribution < -0.4 is 15.5 Å². The molecule has 2 aromatic carbocycles. The highest BCUT2D eigenvalue weighted by molar-refractivity contribution is 6.05. The Morgan fingerprint density at radius 2 is 1.56 bits per heavy atom. The van der Waals surface area contributed by atoms with Crippen LogP contribution in [0.1, 0.15) is 79.3 Å². The van der Waals surface area contributed by atoms with Gasteiger partial charge in [-0.2, -0.15) is 13.2 Å². The smallest absolute Gasteiger partial charge is 0.416 e. The van der Waals surface area contributed by atoms with E-state index in [-0.39, 0.29) is 24.8 Å². The molecule has 1 aliphatic heterocycles. The lowest BCUT2D eigenvalue weighted by atomic mass is 10.0. The monoisotopic (exact) mass is 878 g/mol. The molecule has 1 saturated heterocycles. The maximum atomic E-state index is 13.5. The summed E-state index contributed by atoms with van der Waals surface area (Å²) in [5.41, 5.74) is 5.07. The summed E-state index contributed by atoms with van der Waals surface area (Å²) in [6.45, 7) is 13.6. The van der Waals surface area contributed by atoms with Crippen LogP contribution in [0.3, 0.4) is 0 Å². The lowest BCUT2D eigenvalue weighted by molar-refractivity contribution is -0.156. The van der Waals surface area contributed by atoms with Crippen molar-refractivity contribution in [1.29, 1.82) is 0 Å². The fraction of sp³-hybridized carbons (Fsp3) is 0.468. The van der Waals surface area contributed by atoms with Crippen LogP contribution >= 0.6 is 0 Å². The third-order valence-electron chi connectivity index (χ3n) is 9.51. The quantitative estimate of drug-likeness (QED) is 0.0480. The number of aromatic nitrogens is 2. The van der Waals surface area contributed by atoms with E-state index >= 15 is 0 Å². The van der Waals surface area contributed by atoms with E-state index in [1.54, 1.807) is 12.3 Å². The van der Waals surface area contributed by atoms with Crippen molar-refractivity contribution in [3.05, 3.63) is 107 Å². The van der Waals surface area contributed by atoms with Gasteiger partial charge in [-0.3, -0.25) is 24.3 Å². The number of carbonyl (C=O) groups excluding carboxylic acids is 3. The van der Waals surface area contributed by atoms with E-state index in [0.29, 0.717) is 76.1 Å². The van der Waals surface area contributed by atoms with Gasteiger partial charge in [-0.15, -0.1) is 0 Å². The van der Waals surface area contributed by atoms with Crippen molar-refractivity contribution in [2.45, 2.75) is 78.2 Å². The van der Waals surface area contributed by atoms with Gasteiger partial charge >= 0.3 is 12.1 Å². The highest BCUT2D eigenvalue weighted by Crippen LogP contribution is 2.33. The number of alkyl halides is 3. The number of ether oxygens (including phenoxy) is 4. The molecule has 16 heteroatoms. The standard InChI is InChI=1S/C38H53N5O6.C9H8F3NO/c1-29-14-16-39-35(26-29)32-27-31(43-17-7-6-8-18-43)12-13-33(32)41-37(45)34-11-9-10-30(40-34)28-42(5)19-21-47-23-25-48-24-22-46-20-15-36(44)49-38(2,3)4;10-9(11,12)8-3-1-2-7(4-8)5-13-6-14/h9-14,16,26-27H,6-8,15,17-25,28H2,1-5H3,(H,41,45);1-4,6H,5H2,(H,13,14). The number of nitrogens with one attached hydrogen (secondary N) is 2. The fourth-order valence-corrected chi connectivity index (χ4v) is 6.45. The molecule has 0 bridgehead atoms. The van der Waals surface area contributed by atoms with Gasteiger partial charge in [0.2, 0.25) is 6.41 Å².